The second kappa shape index (κ2) is 6.83. The monoisotopic (exact) mass is 327 g/mol. The highest BCUT2D eigenvalue weighted by atomic mass is 35.5. The SMILES string of the molecule is CCCn1c(=O)cc(NCc2ccc(Cl)c(Cl)c2)[nH]c1=O. The van der Waals surface area contributed by atoms with Gasteiger partial charge in [0.1, 0.15) is 5.82 Å². The van der Waals surface area contributed by atoms with Crippen LogP contribution in [-0.4, -0.2) is 9.55 Å². The van der Waals surface area contributed by atoms with Gasteiger partial charge in [0.15, 0.2) is 0 Å². The van der Waals surface area contributed by atoms with Crippen LogP contribution in [-0.2, 0) is 13.1 Å². The predicted molar refractivity (Wildman–Crippen MR) is 85.4 cm³/mol. The highest BCUT2D eigenvalue weighted by Crippen LogP contribution is 2.22. The van der Waals surface area contributed by atoms with E-state index >= 15 is 0 Å². The maximum atomic E-state index is 11.8. The zero-order valence-electron chi connectivity index (χ0n) is 11.5. The minimum absolute atomic E-state index is 0.322. The molecule has 0 radical (unpaired) electrons. The normalized spacial score (nSPS) is 10.6. The summed E-state index contributed by atoms with van der Waals surface area (Å²) < 4.78 is 1.17. The number of halogens is 2. The number of nitrogens with zero attached hydrogens (tertiary/aromatic N) is 1. The lowest BCUT2D eigenvalue weighted by Gasteiger charge is -2.08. The molecule has 2 N–H and O–H groups in total. The molecule has 0 spiro atoms. The summed E-state index contributed by atoms with van der Waals surface area (Å²) in [6.45, 7) is 2.73. The van der Waals surface area contributed by atoms with Gasteiger partial charge in [-0.25, -0.2) is 4.79 Å². The van der Waals surface area contributed by atoms with Gasteiger partial charge in [0.25, 0.3) is 5.56 Å². The molecular weight excluding hydrogens is 313 g/mol. The molecule has 0 bridgehead atoms. The molecule has 0 aliphatic rings. The van der Waals surface area contributed by atoms with E-state index in [0.29, 0.717) is 29.0 Å². The Balaban J connectivity index is 2.15. The number of hydrogen-bond donors (Lipinski definition) is 2. The summed E-state index contributed by atoms with van der Waals surface area (Å²) in [5.74, 6) is 0.378. The number of H-pyrrole nitrogens is 1. The van der Waals surface area contributed by atoms with Crippen molar-refractivity contribution < 1.29 is 0 Å². The van der Waals surface area contributed by atoms with Crippen LogP contribution in [0.1, 0.15) is 18.9 Å². The summed E-state index contributed by atoms with van der Waals surface area (Å²) >= 11 is 11.8. The van der Waals surface area contributed by atoms with Crippen molar-refractivity contribution in [2.75, 3.05) is 5.32 Å². The molecule has 7 heteroatoms. The Bertz CT molecular complexity index is 721. The van der Waals surface area contributed by atoms with Crippen LogP contribution >= 0.6 is 23.2 Å². The lowest BCUT2D eigenvalue weighted by Crippen LogP contribution is -2.35. The van der Waals surface area contributed by atoms with Gasteiger partial charge in [-0.3, -0.25) is 14.3 Å². The number of rotatable bonds is 5. The van der Waals surface area contributed by atoms with Crippen LogP contribution in [0.2, 0.25) is 10.0 Å². The van der Waals surface area contributed by atoms with Gasteiger partial charge in [-0.1, -0.05) is 36.2 Å². The van der Waals surface area contributed by atoms with Gasteiger partial charge in [0, 0.05) is 19.2 Å². The number of hydrogen-bond acceptors (Lipinski definition) is 3. The average Bonchev–Trinajstić information content (AvgIpc) is 2.44. The van der Waals surface area contributed by atoms with Gasteiger partial charge >= 0.3 is 5.69 Å². The summed E-state index contributed by atoms with van der Waals surface area (Å²) in [4.78, 5) is 26.3. The number of nitrogens with one attached hydrogen (secondary N) is 2. The van der Waals surface area contributed by atoms with E-state index in [1.807, 2.05) is 13.0 Å². The van der Waals surface area contributed by atoms with Gasteiger partial charge < -0.3 is 5.32 Å². The number of aromatic amines is 1. The third kappa shape index (κ3) is 3.89. The second-order valence-electron chi connectivity index (χ2n) is 4.58. The first-order valence-corrected chi connectivity index (χ1v) is 7.29. The number of benzene rings is 1. The summed E-state index contributed by atoms with van der Waals surface area (Å²) in [5.41, 5.74) is 0.154. The van der Waals surface area contributed by atoms with Gasteiger partial charge in [-0.05, 0) is 24.1 Å². The van der Waals surface area contributed by atoms with Gasteiger partial charge in [0.05, 0.1) is 10.0 Å². The molecule has 0 aliphatic carbocycles. The van der Waals surface area contributed by atoms with Crippen LogP contribution in [0.25, 0.3) is 0 Å². The molecule has 0 fully saturated rings. The minimum atomic E-state index is -0.416. The van der Waals surface area contributed by atoms with E-state index in [-0.39, 0.29) is 5.56 Å². The lowest BCUT2D eigenvalue weighted by atomic mass is 10.2. The molecule has 21 heavy (non-hydrogen) atoms. The van der Waals surface area contributed by atoms with E-state index < -0.39 is 5.69 Å². The molecule has 112 valence electrons. The summed E-state index contributed by atoms with van der Waals surface area (Å²) in [7, 11) is 0. The van der Waals surface area contributed by atoms with Crippen molar-refractivity contribution in [2.45, 2.75) is 26.4 Å². The van der Waals surface area contributed by atoms with Gasteiger partial charge in [-0.15, -0.1) is 0 Å². The molecule has 2 aromatic rings. The van der Waals surface area contributed by atoms with Crippen LogP contribution in [0.4, 0.5) is 5.82 Å². The minimum Gasteiger partial charge on any atom is -0.367 e. The van der Waals surface area contributed by atoms with Crippen molar-refractivity contribution in [1.82, 2.24) is 9.55 Å². The molecule has 0 unspecified atom stereocenters. The molecule has 0 atom stereocenters. The maximum absolute atomic E-state index is 11.8. The molecular formula is C14H15Cl2N3O2. The van der Waals surface area contributed by atoms with Crippen molar-refractivity contribution >= 4 is 29.0 Å². The Morgan fingerprint density at radius 2 is 1.95 bits per heavy atom. The third-order valence-electron chi connectivity index (χ3n) is 2.93. The van der Waals surface area contributed by atoms with Crippen LogP contribution < -0.4 is 16.6 Å². The number of anilines is 1. The van der Waals surface area contributed by atoms with Crippen LogP contribution in [0.5, 0.6) is 0 Å². The molecule has 1 aromatic carbocycles. The highest BCUT2D eigenvalue weighted by molar-refractivity contribution is 6.42. The van der Waals surface area contributed by atoms with E-state index in [2.05, 4.69) is 10.3 Å². The first-order chi connectivity index (χ1) is 10.0. The fourth-order valence-corrected chi connectivity index (χ4v) is 2.22. The summed E-state index contributed by atoms with van der Waals surface area (Å²) in [5, 5.41) is 3.93. The van der Waals surface area contributed by atoms with Crippen molar-refractivity contribution in [2.24, 2.45) is 0 Å². The zero-order chi connectivity index (χ0) is 15.4. The topological polar surface area (TPSA) is 66.9 Å². The summed E-state index contributed by atoms with van der Waals surface area (Å²) in [6.07, 6.45) is 0.721. The first kappa shape index (κ1) is 15.7. The standard InChI is InChI=1S/C14H15Cl2N3O2/c1-2-5-19-13(20)7-12(18-14(19)21)17-8-9-3-4-10(15)11(16)6-9/h3-4,6-7,17H,2,5,8H2,1H3,(H,18,21). The Morgan fingerprint density at radius 1 is 1.19 bits per heavy atom. The quantitative estimate of drug-likeness (QED) is 0.887. The maximum Gasteiger partial charge on any atom is 0.329 e. The fraction of sp³-hybridized carbons (Fsp3) is 0.286. The molecule has 0 aliphatic heterocycles. The number of aromatic nitrogens is 2. The largest absolute Gasteiger partial charge is 0.367 e. The Hall–Kier alpha value is -1.72. The van der Waals surface area contributed by atoms with Gasteiger partial charge in [0.2, 0.25) is 0 Å². The average molecular weight is 328 g/mol. The van der Waals surface area contributed by atoms with Crippen LogP contribution in [0.3, 0.4) is 0 Å². The van der Waals surface area contributed by atoms with E-state index in [0.717, 1.165) is 12.0 Å². The zero-order valence-corrected chi connectivity index (χ0v) is 13.0. The lowest BCUT2D eigenvalue weighted by molar-refractivity contribution is 0.616. The highest BCUT2D eigenvalue weighted by Gasteiger charge is 2.04. The van der Waals surface area contributed by atoms with Gasteiger partial charge in [-0.2, -0.15) is 0 Å². The Labute approximate surface area is 131 Å². The van der Waals surface area contributed by atoms with E-state index in [4.69, 9.17) is 23.2 Å². The smallest absolute Gasteiger partial charge is 0.329 e. The van der Waals surface area contributed by atoms with Crippen molar-refractivity contribution in [1.29, 1.82) is 0 Å². The fourth-order valence-electron chi connectivity index (χ4n) is 1.90. The molecule has 5 nitrogen and oxygen atoms in total. The summed E-state index contributed by atoms with van der Waals surface area (Å²) in [6, 6.07) is 6.61. The van der Waals surface area contributed by atoms with Crippen LogP contribution in [0.15, 0.2) is 33.9 Å². The molecule has 0 amide bonds. The van der Waals surface area contributed by atoms with Crippen molar-refractivity contribution in [3.05, 3.63) is 60.7 Å². The Morgan fingerprint density at radius 3 is 2.57 bits per heavy atom. The molecule has 1 heterocycles. The molecule has 1 aromatic heterocycles. The van der Waals surface area contributed by atoms with Crippen molar-refractivity contribution in [3.8, 4) is 0 Å². The van der Waals surface area contributed by atoms with Crippen molar-refractivity contribution in [3.63, 3.8) is 0 Å². The molecule has 0 saturated carbocycles. The van der Waals surface area contributed by atoms with E-state index in [1.54, 1.807) is 12.1 Å². The predicted octanol–water partition coefficient (Wildman–Crippen LogP) is 2.87. The van der Waals surface area contributed by atoms with E-state index in [1.165, 1.54) is 10.6 Å². The van der Waals surface area contributed by atoms with Crippen LogP contribution in [0, 0.1) is 0 Å². The Kier molecular flexibility index (Phi) is 5.09. The second-order valence-corrected chi connectivity index (χ2v) is 5.39. The third-order valence-corrected chi connectivity index (χ3v) is 3.67. The first-order valence-electron chi connectivity index (χ1n) is 6.53. The molecule has 0 saturated heterocycles. The molecule has 2 rings (SSSR count). The van der Waals surface area contributed by atoms with E-state index in [9.17, 15) is 9.59 Å².